The zero-order valence-electron chi connectivity index (χ0n) is 12.7. The third-order valence-corrected chi connectivity index (χ3v) is 3.08. The van der Waals surface area contributed by atoms with Gasteiger partial charge in [0.2, 0.25) is 5.54 Å². The zero-order chi connectivity index (χ0) is 16.3. The smallest absolute Gasteiger partial charge is 0.365 e. The molecule has 118 valence electrons. The molecule has 1 heterocycles. The highest BCUT2D eigenvalue weighted by Gasteiger charge is 2.72. The minimum absolute atomic E-state index is 0.000349. The molecule has 1 atom stereocenters. The molecule has 0 amide bonds. The Morgan fingerprint density at radius 3 is 1.95 bits per heavy atom. The SMILES string of the molecule is CCOC(=O)C1(C(=O)OCC)OC(C)=NC1(C)C(=O)OC. The molecule has 21 heavy (non-hydrogen) atoms. The zero-order valence-corrected chi connectivity index (χ0v) is 12.7. The van der Waals surface area contributed by atoms with Gasteiger partial charge in [-0.2, -0.15) is 0 Å². The van der Waals surface area contributed by atoms with Gasteiger partial charge in [0.15, 0.2) is 5.90 Å². The quantitative estimate of drug-likeness (QED) is 0.407. The van der Waals surface area contributed by atoms with Gasteiger partial charge >= 0.3 is 23.5 Å². The summed E-state index contributed by atoms with van der Waals surface area (Å²) < 4.78 is 19.8. The topological polar surface area (TPSA) is 100 Å². The molecule has 0 aliphatic carbocycles. The molecule has 1 unspecified atom stereocenters. The average molecular weight is 301 g/mol. The van der Waals surface area contributed by atoms with Crippen molar-refractivity contribution < 1.29 is 33.3 Å². The number of ether oxygens (including phenoxy) is 4. The summed E-state index contributed by atoms with van der Waals surface area (Å²) in [7, 11) is 1.12. The van der Waals surface area contributed by atoms with Gasteiger partial charge in [-0.3, -0.25) is 0 Å². The van der Waals surface area contributed by atoms with Crippen LogP contribution < -0.4 is 0 Å². The van der Waals surface area contributed by atoms with Crippen molar-refractivity contribution in [2.75, 3.05) is 20.3 Å². The Labute approximate surface area is 122 Å². The molecule has 1 rings (SSSR count). The Hall–Kier alpha value is -2.12. The van der Waals surface area contributed by atoms with E-state index in [1.54, 1.807) is 13.8 Å². The van der Waals surface area contributed by atoms with Gasteiger partial charge in [-0.15, -0.1) is 0 Å². The number of carbonyl (C=O) groups is 3. The van der Waals surface area contributed by atoms with E-state index in [9.17, 15) is 14.4 Å². The lowest BCUT2D eigenvalue weighted by Crippen LogP contribution is -2.65. The average Bonchev–Trinajstić information content (AvgIpc) is 2.71. The molecule has 0 spiro atoms. The fraction of sp³-hybridized carbons (Fsp3) is 0.692. The minimum Gasteiger partial charge on any atom is -0.467 e. The number of aliphatic imine (C=N–C) groups is 1. The van der Waals surface area contributed by atoms with Crippen LogP contribution in [0.4, 0.5) is 0 Å². The highest BCUT2D eigenvalue weighted by atomic mass is 16.6. The van der Waals surface area contributed by atoms with Crippen LogP contribution in [0, 0.1) is 0 Å². The molecule has 8 nitrogen and oxygen atoms in total. The molecule has 0 N–H and O–H groups in total. The number of hydrogen-bond acceptors (Lipinski definition) is 8. The fourth-order valence-corrected chi connectivity index (χ4v) is 2.16. The van der Waals surface area contributed by atoms with Crippen molar-refractivity contribution in [1.82, 2.24) is 0 Å². The van der Waals surface area contributed by atoms with E-state index in [0.717, 1.165) is 7.11 Å². The molecule has 0 bridgehead atoms. The molecule has 8 heteroatoms. The summed E-state index contributed by atoms with van der Waals surface area (Å²) in [5.74, 6) is -3.00. The predicted molar refractivity (Wildman–Crippen MR) is 70.6 cm³/mol. The van der Waals surface area contributed by atoms with Crippen molar-refractivity contribution in [1.29, 1.82) is 0 Å². The van der Waals surface area contributed by atoms with Gasteiger partial charge in [-0.25, -0.2) is 19.4 Å². The first kappa shape index (κ1) is 16.9. The Bertz CT molecular complexity index is 467. The number of hydrogen-bond donors (Lipinski definition) is 0. The van der Waals surface area contributed by atoms with Crippen LogP contribution in [0.1, 0.15) is 27.7 Å². The summed E-state index contributed by atoms with van der Waals surface area (Å²) in [5, 5.41) is 0. The molecule has 1 aliphatic heterocycles. The van der Waals surface area contributed by atoms with E-state index in [1.807, 2.05) is 0 Å². The van der Waals surface area contributed by atoms with Gasteiger partial charge < -0.3 is 18.9 Å². The summed E-state index contributed by atoms with van der Waals surface area (Å²) >= 11 is 0. The summed E-state index contributed by atoms with van der Waals surface area (Å²) in [6.07, 6.45) is 0. The largest absolute Gasteiger partial charge is 0.467 e. The third kappa shape index (κ3) is 2.45. The predicted octanol–water partition coefficient (Wildman–Crippen LogP) is 0.232. The highest BCUT2D eigenvalue weighted by Crippen LogP contribution is 2.39. The molecule has 0 saturated carbocycles. The number of nitrogens with zero attached hydrogens (tertiary/aromatic N) is 1. The summed E-state index contributed by atoms with van der Waals surface area (Å²) in [6, 6.07) is 0. The Morgan fingerprint density at radius 1 is 1.10 bits per heavy atom. The molecule has 0 aromatic rings. The van der Waals surface area contributed by atoms with Crippen molar-refractivity contribution in [3.05, 3.63) is 0 Å². The number of methoxy groups -OCH3 is 1. The fourth-order valence-electron chi connectivity index (χ4n) is 2.16. The van der Waals surface area contributed by atoms with Crippen LogP contribution in [0.5, 0.6) is 0 Å². The molecular weight excluding hydrogens is 282 g/mol. The summed E-state index contributed by atoms with van der Waals surface area (Å²) in [4.78, 5) is 40.7. The lowest BCUT2D eigenvalue weighted by atomic mass is 9.81. The van der Waals surface area contributed by atoms with Crippen LogP contribution in [0.25, 0.3) is 0 Å². The first-order valence-electron chi connectivity index (χ1n) is 6.48. The second kappa shape index (κ2) is 6.11. The Morgan fingerprint density at radius 2 is 1.57 bits per heavy atom. The van der Waals surface area contributed by atoms with Crippen molar-refractivity contribution in [3.63, 3.8) is 0 Å². The van der Waals surface area contributed by atoms with Crippen LogP contribution in [-0.4, -0.2) is 55.3 Å². The van der Waals surface area contributed by atoms with Gasteiger partial charge in [0.1, 0.15) is 0 Å². The van der Waals surface area contributed by atoms with Crippen LogP contribution in [-0.2, 0) is 33.3 Å². The molecule has 0 fully saturated rings. The lowest BCUT2D eigenvalue weighted by molar-refractivity contribution is -0.190. The molecular formula is C13H19NO7. The number of esters is 3. The van der Waals surface area contributed by atoms with E-state index in [-0.39, 0.29) is 19.1 Å². The van der Waals surface area contributed by atoms with Crippen molar-refractivity contribution in [3.8, 4) is 0 Å². The van der Waals surface area contributed by atoms with E-state index < -0.39 is 29.0 Å². The van der Waals surface area contributed by atoms with Gasteiger partial charge in [0, 0.05) is 6.92 Å². The van der Waals surface area contributed by atoms with E-state index in [4.69, 9.17) is 14.2 Å². The van der Waals surface area contributed by atoms with Crippen LogP contribution in [0.3, 0.4) is 0 Å². The summed E-state index contributed by atoms with van der Waals surface area (Å²) in [5.41, 5.74) is -4.25. The first-order chi connectivity index (χ1) is 9.80. The molecule has 0 saturated heterocycles. The molecule has 1 aliphatic rings. The third-order valence-electron chi connectivity index (χ3n) is 3.08. The Balaban J connectivity index is 3.45. The lowest BCUT2D eigenvalue weighted by Gasteiger charge is -2.33. The first-order valence-corrected chi connectivity index (χ1v) is 6.48. The maximum atomic E-state index is 12.3. The van der Waals surface area contributed by atoms with Gasteiger partial charge in [-0.05, 0) is 20.8 Å². The van der Waals surface area contributed by atoms with Crippen LogP contribution >= 0.6 is 0 Å². The van der Waals surface area contributed by atoms with Gasteiger partial charge in [-0.1, -0.05) is 0 Å². The van der Waals surface area contributed by atoms with Crippen LogP contribution in [0.2, 0.25) is 0 Å². The monoisotopic (exact) mass is 301 g/mol. The van der Waals surface area contributed by atoms with Gasteiger partial charge in [0.25, 0.3) is 0 Å². The van der Waals surface area contributed by atoms with Crippen molar-refractivity contribution >= 4 is 23.8 Å². The standard InChI is InChI=1S/C13H19NO7/c1-6-19-10(16)13(11(17)20-7-2)12(4,9(15)18-5)14-8(3)21-13/h6-7H2,1-5H3. The maximum Gasteiger partial charge on any atom is 0.365 e. The molecule has 0 radical (unpaired) electrons. The second-order valence-corrected chi connectivity index (χ2v) is 4.42. The maximum absolute atomic E-state index is 12.3. The summed E-state index contributed by atoms with van der Waals surface area (Å²) in [6.45, 7) is 5.81. The normalized spacial score (nSPS) is 22.8. The molecule has 0 aromatic carbocycles. The van der Waals surface area contributed by atoms with E-state index in [1.165, 1.54) is 13.8 Å². The van der Waals surface area contributed by atoms with Crippen molar-refractivity contribution in [2.45, 2.75) is 38.8 Å². The number of rotatable bonds is 5. The minimum atomic E-state index is -2.34. The molecule has 0 aromatic heterocycles. The second-order valence-electron chi connectivity index (χ2n) is 4.42. The van der Waals surface area contributed by atoms with E-state index in [2.05, 4.69) is 9.73 Å². The highest BCUT2D eigenvalue weighted by molar-refractivity contribution is 6.14. The number of carbonyl (C=O) groups excluding carboxylic acids is 3. The Kier molecular flexibility index (Phi) is 4.93. The van der Waals surface area contributed by atoms with E-state index >= 15 is 0 Å². The van der Waals surface area contributed by atoms with E-state index in [0.29, 0.717) is 0 Å². The van der Waals surface area contributed by atoms with Crippen LogP contribution in [0.15, 0.2) is 4.99 Å². The van der Waals surface area contributed by atoms with Gasteiger partial charge in [0.05, 0.1) is 20.3 Å². The van der Waals surface area contributed by atoms with Crippen molar-refractivity contribution in [2.24, 2.45) is 4.99 Å².